The number of pyridine rings is 1. The second-order valence-electron chi connectivity index (χ2n) is 6.58. The van der Waals surface area contributed by atoms with Crippen LogP contribution in [0.3, 0.4) is 0 Å². The number of carbonyl (C=O) groups is 1. The summed E-state index contributed by atoms with van der Waals surface area (Å²) >= 11 is 1.17. The van der Waals surface area contributed by atoms with E-state index in [0.29, 0.717) is 29.2 Å². The number of ether oxygens (including phenoxy) is 2. The third kappa shape index (κ3) is 5.86. The molecule has 0 saturated carbocycles. The molecule has 0 unspecified atom stereocenters. The van der Waals surface area contributed by atoms with Gasteiger partial charge in [-0.2, -0.15) is 0 Å². The fourth-order valence-corrected chi connectivity index (χ4v) is 3.31. The highest BCUT2D eigenvalue weighted by Gasteiger charge is 2.12. The number of nitrogens with one attached hydrogen (secondary N) is 1. The van der Waals surface area contributed by atoms with E-state index in [4.69, 9.17) is 13.9 Å². The SMILES string of the molecule is COc1ccc(-c2nnc(SCC(=O)Nc3cccc(OCc4ccccn4)c3)o2)cc1. The van der Waals surface area contributed by atoms with Crippen molar-refractivity contribution in [1.29, 1.82) is 0 Å². The van der Waals surface area contributed by atoms with E-state index in [1.165, 1.54) is 11.8 Å². The van der Waals surface area contributed by atoms with Crippen LogP contribution in [-0.4, -0.2) is 34.0 Å². The topological polar surface area (TPSA) is 99.4 Å². The van der Waals surface area contributed by atoms with Gasteiger partial charge >= 0.3 is 0 Å². The standard InChI is InChI=1S/C23H20N4O4S/c1-29-19-10-8-16(9-11-19)22-26-27-23(31-22)32-15-21(28)25-17-6-4-7-20(13-17)30-14-18-5-2-3-12-24-18/h2-13H,14-15H2,1H3,(H,25,28). The Morgan fingerprint density at radius 2 is 1.91 bits per heavy atom. The van der Waals surface area contributed by atoms with Crippen LogP contribution < -0.4 is 14.8 Å². The Labute approximate surface area is 189 Å². The average Bonchev–Trinajstić information content (AvgIpc) is 3.32. The Morgan fingerprint density at radius 3 is 2.69 bits per heavy atom. The molecule has 0 atom stereocenters. The maximum Gasteiger partial charge on any atom is 0.277 e. The summed E-state index contributed by atoms with van der Waals surface area (Å²) in [7, 11) is 1.60. The van der Waals surface area contributed by atoms with E-state index in [0.717, 1.165) is 17.0 Å². The van der Waals surface area contributed by atoms with E-state index in [9.17, 15) is 4.79 Å². The highest BCUT2D eigenvalue weighted by molar-refractivity contribution is 7.99. The van der Waals surface area contributed by atoms with Crippen molar-refractivity contribution in [1.82, 2.24) is 15.2 Å². The number of methoxy groups -OCH3 is 1. The van der Waals surface area contributed by atoms with Crippen LogP contribution in [0.2, 0.25) is 0 Å². The molecule has 162 valence electrons. The van der Waals surface area contributed by atoms with Crippen LogP contribution in [0.15, 0.2) is 82.6 Å². The van der Waals surface area contributed by atoms with Crippen LogP contribution in [-0.2, 0) is 11.4 Å². The van der Waals surface area contributed by atoms with Gasteiger partial charge in [-0.25, -0.2) is 0 Å². The molecule has 0 bridgehead atoms. The van der Waals surface area contributed by atoms with Gasteiger partial charge in [0.2, 0.25) is 11.8 Å². The summed E-state index contributed by atoms with van der Waals surface area (Å²) in [6.07, 6.45) is 1.72. The first-order valence-corrected chi connectivity index (χ1v) is 10.7. The summed E-state index contributed by atoms with van der Waals surface area (Å²) in [5.41, 5.74) is 2.24. The summed E-state index contributed by atoms with van der Waals surface area (Å²) in [4.78, 5) is 16.6. The van der Waals surface area contributed by atoms with Crippen molar-refractivity contribution in [2.24, 2.45) is 0 Å². The predicted molar refractivity (Wildman–Crippen MR) is 121 cm³/mol. The largest absolute Gasteiger partial charge is 0.497 e. The Balaban J connectivity index is 1.28. The molecular formula is C23H20N4O4S. The van der Waals surface area contributed by atoms with E-state index in [1.54, 1.807) is 25.4 Å². The molecule has 2 heterocycles. The molecule has 0 radical (unpaired) electrons. The van der Waals surface area contributed by atoms with Gasteiger partial charge in [0.05, 0.1) is 18.6 Å². The van der Waals surface area contributed by atoms with Gasteiger partial charge < -0.3 is 19.2 Å². The summed E-state index contributed by atoms with van der Waals surface area (Å²) < 4.78 is 16.5. The van der Waals surface area contributed by atoms with Gasteiger partial charge in [0.25, 0.3) is 5.22 Å². The van der Waals surface area contributed by atoms with Crippen molar-refractivity contribution < 1.29 is 18.7 Å². The predicted octanol–water partition coefficient (Wildman–Crippen LogP) is 4.45. The minimum absolute atomic E-state index is 0.128. The molecule has 32 heavy (non-hydrogen) atoms. The van der Waals surface area contributed by atoms with Gasteiger partial charge in [-0.1, -0.05) is 23.9 Å². The third-order valence-corrected chi connectivity index (χ3v) is 5.12. The van der Waals surface area contributed by atoms with Crippen molar-refractivity contribution in [3.05, 3.63) is 78.6 Å². The molecule has 0 aliphatic rings. The molecular weight excluding hydrogens is 428 g/mol. The number of anilines is 1. The molecule has 8 nitrogen and oxygen atoms in total. The first-order chi connectivity index (χ1) is 15.7. The highest BCUT2D eigenvalue weighted by Crippen LogP contribution is 2.25. The lowest BCUT2D eigenvalue weighted by molar-refractivity contribution is -0.113. The molecule has 0 fully saturated rings. The van der Waals surface area contributed by atoms with Gasteiger partial charge in [-0.3, -0.25) is 9.78 Å². The van der Waals surface area contributed by atoms with Crippen LogP contribution in [0.25, 0.3) is 11.5 Å². The van der Waals surface area contributed by atoms with E-state index in [2.05, 4.69) is 20.5 Å². The van der Waals surface area contributed by atoms with Gasteiger partial charge in [0, 0.05) is 23.5 Å². The number of hydrogen-bond acceptors (Lipinski definition) is 8. The Kier molecular flexibility index (Phi) is 6.98. The Morgan fingerprint density at radius 1 is 1.03 bits per heavy atom. The van der Waals surface area contributed by atoms with Crippen LogP contribution in [0, 0.1) is 0 Å². The number of amides is 1. The summed E-state index contributed by atoms with van der Waals surface area (Å²) in [6, 6.07) is 20.1. The lowest BCUT2D eigenvalue weighted by Crippen LogP contribution is -2.14. The quantitative estimate of drug-likeness (QED) is 0.375. The van der Waals surface area contributed by atoms with E-state index >= 15 is 0 Å². The number of benzene rings is 2. The monoisotopic (exact) mass is 448 g/mol. The first-order valence-electron chi connectivity index (χ1n) is 9.73. The average molecular weight is 449 g/mol. The third-order valence-electron chi connectivity index (χ3n) is 4.30. The number of rotatable bonds is 9. The molecule has 1 amide bonds. The summed E-state index contributed by atoms with van der Waals surface area (Å²) in [5, 5.41) is 11.2. The lowest BCUT2D eigenvalue weighted by Gasteiger charge is -2.08. The maximum absolute atomic E-state index is 12.3. The number of hydrogen-bond donors (Lipinski definition) is 1. The zero-order valence-electron chi connectivity index (χ0n) is 17.2. The van der Waals surface area contributed by atoms with Crippen molar-refractivity contribution in [2.45, 2.75) is 11.8 Å². The number of aromatic nitrogens is 3. The van der Waals surface area contributed by atoms with Crippen LogP contribution >= 0.6 is 11.8 Å². The second-order valence-corrected chi connectivity index (χ2v) is 7.50. The molecule has 9 heteroatoms. The molecule has 2 aromatic heterocycles. The van der Waals surface area contributed by atoms with Gasteiger partial charge in [0.1, 0.15) is 18.1 Å². The lowest BCUT2D eigenvalue weighted by atomic mass is 10.2. The molecule has 2 aromatic carbocycles. The molecule has 0 saturated heterocycles. The van der Waals surface area contributed by atoms with Crippen molar-refractivity contribution >= 4 is 23.4 Å². The second kappa shape index (κ2) is 10.5. The fraction of sp³-hybridized carbons (Fsp3) is 0.130. The fourth-order valence-electron chi connectivity index (χ4n) is 2.75. The minimum atomic E-state index is -0.193. The number of carbonyl (C=O) groups excluding carboxylic acids is 1. The first kappa shape index (κ1) is 21.4. The molecule has 0 aliphatic carbocycles. The molecule has 0 aliphatic heterocycles. The van der Waals surface area contributed by atoms with Crippen molar-refractivity contribution in [2.75, 3.05) is 18.2 Å². The van der Waals surface area contributed by atoms with E-state index in [-0.39, 0.29) is 11.7 Å². The van der Waals surface area contributed by atoms with Crippen molar-refractivity contribution in [3.8, 4) is 23.0 Å². The minimum Gasteiger partial charge on any atom is -0.497 e. The van der Waals surface area contributed by atoms with Crippen LogP contribution in [0.4, 0.5) is 5.69 Å². The number of nitrogens with zero attached hydrogens (tertiary/aromatic N) is 3. The molecule has 4 rings (SSSR count). The van der Waals surface area contributed by atoms with Gasteiger partial charge in [-0.15, -0.1) is 10.2 Å². The molecule has 0 spiro atoms. The highest BCUT2D eigenvalue weighted by atomic mass is 32.2. The summed E-state index contributed by atoms with van der Waals surface area (Å²) in [5.74, 6) is 1.70. The Hall–Kier alpha value is -3.85. The van der Waals surface area contributed by atoms with Gasteiger partial charge in [0.15, 0.2) is 0 Å². The zero-order chi connectivity index (χ0) is 22.2. The van der Waals surface area contributed by atoms with E-state index in [1.807, 2.05) is 54.6 Å². The van der Waals surface area contributed by atoms with Crippen molar-refractivity contribution in [3.63, 3.8) is 0 Å². The molecule has 1 N–H and O–H groups in total. The van der Waals surface area contributed by atoms with Crippen LogP contribution in [0.1, 0.15) is 5.69 Å². The number of thioether (sulfide) groups is 1. The molecule has 4 aromatic rings. The van der Waals surface area contributed by atoms with Gasteiger partial charge in [-0.05, 0) is 48.5 Å². The Bertz CT molecular complexity index is 1170. The smallest absolute Gasteiger partial charge is 0.277 e. The summed E-state index contributed by atoms with van der Waals surface area (Å²) in [6.45, 7) is 0.349. The van der Waals surface area contributed by atoms with Crippen LogP contribution in [0.5, 0.6) is 11.5 Å². The maximum atomic E-state index is 12.3. The van der Waals surface area contributed by atoms with E-state index < -0.39 is 0 Å². The normalized spacial score (nSPS) is 10.5. The zero-order valence-corrected chi connectivity index (χ0v) is 18.0.